The van der Waals surface area contributed by atoms with Crippen LogP contribution in [0.4, 0.5) is 0 Å². The zero-order valence-corrected chi connectivity index (χ0v) is 55.4. The van der Waals surface area contributed by atoms with Gasteiger partial charge in [0.1, 0.15) is 17.3 Å². The summed E-state index contributed by atoms with van der Waals surface area (Å²) in [7, 11) is 0. The van der Waals surface area contributed by atoms with E-state index in [0.29, 0.717) is 17.1 Å². The molecule has 89 heavy (non-hydrogen) atoms. The minimum atomic E-state index is -0.437. The van der Waals surface area contributed by atoms with Gasteiger partial charge in [-0.2, -0.15) is 0 Å². The SMILES string of the molecule is [2H]c1c([2H])c([2H])c(-c2cc(-c3cccc(C(C)(C)C)c3)c(-[n+]3[c-]n(-c4cccc(Oc5ccc6c7ccccc7n(-c7cc(C(C)(C)C)ccn7)c6c5)c4)c4cc(-c5cc(C(C)(C)C)cc(C(C)(C)C)c5)ccc43)c(-c3cc(C(C)(C)C)cc(C(C)(C)C)c3)c2)c([2H])c1[2H]. The molecule has 0 amide bonds. The van der Waals surface area contributed by atoms with Gasteiger partial charge in [-0.05, 0) is 177 Å². The van der Waals surface area contributed by atoms with Crippen molar-refractivity contribution in [2.45, 2.75) is 157 Å². The average Bonchev–Trinajstić information content (AvgIpc) is 1.40. The summed E-state index contributed by atoms with van der Waals surface area (Å²) < 4.78 is 59.3. The van der Waals surface area contributed by atoms with Crippen LogP contribution in [0.15, 0.2) is 206 Å². The highest BCUT2D eigenvalue weighted by Crippen LogP contribution is 2.44. The Bertz CT molecular complexity index is 4910. The van der Waals surface area contributed by atoms with Crippen LogP contribution < -0.4 is 9.30 Å². The normalized spacial score (nSPS) is 13.6. The van der Waals surface area contributed by atoms with Crippen LogP contribution >= 0.6 is 0 Å². The third-order valence-corrected chi connectivity index (χ3v) is 17.6. The van der Waals surface area contributed by atoms with E-state index in [4.69, 9.17) is 13.8 Å². The van der Waals surface area contributed by atoms with E-state index in [9.17, 15) is 2.74 Å². The van der Waals surface area contributed by atoms with Crippen LogP contribution in [0.3, 0.4) is 0 Å². The number of nitrogens with zero attached hydrogens (tertiary/aromatic N) is 4. The minimum Gasteiger partial charge on any atom is -0.458 e. The van der Waals surface area contributed by atoms with Crippen molar-refractivity contribution in [3.63, 3.8) is 0 Å². The molecule has 0 aliphatic carbocycles. The predicted molar refractivity (Wildman–Crippen MR) is 376 cm³/mol. The van der Waals surface area contributed by atoms with Gasteiger partial charge in [-0.3, -0.25) is 13.7 Å². The number of hydrogen-bond donors (Lipinski definition) is 0. The molecule has 0 saturated carbocycles. The molecule has 0 saturated heterocycles. The summed E-state index contributed by atoms with van der Waals surface area (Å²) in [5, 5.41) is 2.23. The van der Waals surface area contributed by atoms with Crippen LogP contribution in [0.5, 0.6) is 11.5 Å². The second kappa shape index (κ2) is 22.1. The Morgan fingerprint density at radius 3 is 1.56 bits per heavy atom. The highest BCUT2D eigenvalue weighted by molar-refractivity contribution is 6.09. The van der Waals surface area contributed by atoms with Gasteiger partial charge in [-0.1, -0.05) is 252 Å². The van der Waals surface area contributed by atoms with Crippen molar-refractivity contribution in [2.24, 2.45) is 0 Å². The summed E-state index contributed by atoms with van der Waals surface area (Å²) in [6.45, 7) is 40.4. The van der Waals surface area contributed by atoms with Gasteiger partial charge in [-0.15, -0.1) is 0 Å². The van der Waals surface area contributed by atoms with Gasteiger partial charge in [-0.25, -0.2) is 4.98 Å². The van der Waals surface area contributed by atoms with E-state index in [1.54, 1.807) is 0 Å². The van der Waals surface area contributed by atoms with Crippen LogP contribution in [-0.4, -0.2) is 14.1 Å². The van der Waals surface area contributed by atoms with Crippen LogP contribution in [0.25, 0.3) is 94.5 Å². The fourth-order valence-electron chi connectivity index (χ4n) is 12.1. The zero-order valence-electron chi connectivity index (χ0n) is 60.4. The third-order valence-electron chi connectivity index (χ3n) is 17.6. The van der Waals surface area contributed by atoms with Gasteiger partial charge in [0.15, 0.2) is 0 Å². The molecule has 5 heteroatoms. The number of imidazole rings is 1. The van der Waals surface area contributed by atoms with Crippen molar-refractivity contribution in [2.75, 3.05) is 0 Å². The molecular weight excluding hydrogens is 1080 g/mol. The lowest BCUT2D eigenvalue weighted by molar-refractivity contribution is -0.571. The summed E-state index contributed by atoms with van der Waals surface area (Å²) in [6.07, 6.45) is 5.92. The second-order valence-corrected chi connectivity index (χ2v) is 30.6. The first-order valence-corrected chi connectivity index (χ1v) is 31.4. The van der Waals surface area contributed by atoms with Crippen molar-refractivity contribution in [1.82, 2.24) is 14.1 Å². The number of benzene rings is 9. The molecular formula is C84H88N4O. The van der Waals surface area contributed by atoms with E-state index in [0.717, 1.165) is 100 Å². The van der Waals surface area contributed by atoms with Crippen molar-refractivity contribution < 1.29 is 16.2 Å². The number of ether oxygens (including phenoxy) is 1. The molecule has 0 N–H and O–H groups in total. The van der Waals surface area contributed by atoms with Crippen LogP contribution in [0.1, 0.15) is 165 Å². The lowest BCUT2D eigenvalue weighted by Gasteiger charge is -2.28. The van der Waals surface area contributed by atoms with E-state index in [2.05, 4.69) is 284 Å². The van der Waals surface area contributed by atoms with Crippen molar-refractivity contribution >= 4 is 32.8 Å². The maximum atomic E-state index is 9.50. The summed E-state index contributed by atoms with van der Waals surface area (Å²) in [5.74, 6) is 2.15. The first-order chi connectivity index (χ1) is 43.9. The second-order valence-electron chi connectivity index (χ2n) is 30.6. The Labute approximate surface area is 536 Å². The lowest BCUT2D eigenvalue weighted by atomic mass is 9.78. The fourth-order valence-corrected chi connectivity index (χ4v) is 12.1. The van der Waals surface area contributed by atoms with E-state index in [1.165, 1.54) is 16.7 Å². The summed E-state index contributed by atoms with van der Waals surface area (Å²) in [4.78, 5) is 4.96. The summed E-state index contributed by atoms with van der Waals surface area (Å²) >= 11 is 0. The largest absolute Gasteiger partial charge is 0.458 e. The molecule has 0 spiro atoms. The molecule has 0 unspecified atom stereocenters. The molecule has 12 rings (SSSR count). The Morgan fingerprint density at radius 1 is 0.393 bits per heavy atom. The maximum Gasteiger partial charge on any atom is 0.269 e. The van der Waals surface area contributed by atoms with Crippen molar-refractivity contribution in [3.8, 4) is 73.2 Å². The van der Waals surface area contributed by atoms with Gasteiger partial charge in [0.2, 0.25) is 0 Å². The van der Waals surface area contributed by atoms with Gasteiger partial charge in [0.05, 0.1) is 40.3 Å². The highest BCUT2D eigenvalue weighted by Gasteiger charge is 2.28. The van der Waals surface area contributed by atoms with E-state index >= 15 is 0 Å². The molecule has 5 nitrogen and oxygen atoms in total. The Hall–Kier alpha value is -8.80. The van der Waals surface area contributed by atoms with Crippen LogP contribution in [0, 0.1) is 6.33 Å². The smallest absolute Gasteiger partial charge is 0.269 e. The standard InChI is InChI=1S/C84H88N4O/c1-79(2,3)60-29-24-28-56(40-60)71-45-58(54-26-20-19-21-27-54)46-72(59-43-64(83(13,14)15)49-65(44-59)84(16,17)18)78(71)87-53-86(76-47-55(34-37-74(76)87)57-41-62(81(7,8)9)48-63(42-57)82(10,11)12)66-30-25-31-67(51-66)89-68-35-36-70-69-32-22-23-33-73(69)88(75(70)52-68)77-50-61(38-39-85-77)80(4,5)6/h19-52H,1-18H3/i19D,20D,21D,26D,27D. The average molecular weight is 1170 g/mol. The molecule has 0 atom stereocenters. The minimum absolute atomic E-state index is 0.0783. The number of rotatable bonds is 9. The Morgan fingerprint density at radius 2 is 0.933 bits per heavy atom. The van der Waals surface area contributed by atoms with Gasteiger partial charge < -0.3 is 4.74 Å². The third kappa shape index (κ3) is 12.0. The molecule has 450 valence electrons. The van der Waals surface area contributed by atoms with E-state index < -0.39 is 6.04 Å². The van der Waals surface area contributed by atoms with Crippen molar-refractivity contribution in [1.29, 1.82) is 0 Å². The zero-order chi connectivity index (χ0) is 67.7. The summed E-state index contributed by atoms with van der Waals surface area (Å²) in [5.41, 5.74) is 17.7. The molecule has 0 aliphatic heterocycles. The molecule has 0 fully saturated rings. The van der Waals surface area contributed by atoms with Crippen LogP contribution in [-0.2, 0) is 32.5 Å². The lowest BCUT2D eigenvalue weighted by Crippen LogP contribution is -2.31. The molecule has 0 bridgehead atoms. The Kier molecular flexibility index (Phi) is 13.5. The molecule has 0 radical (unpaired) electrons. The number of pyridine rings is 1. The number of para-hydroxylation sites is 1. The molecule has 9 aromatic carbocycles. The fraction of sp³-hybridized carbons (Fsp3) is 0.286. The van der Waals surface area contributed by atoms with Crippen molar-refractivity contribution in [3.05, 3.63) is 246 Å². The Balaban J connectivity index is 1.16. The summed E-state index contributed by atoms with van der Waals surface area (Å²) in [6, 6.07) is 58.9. The van der Waals surface area contributed by atoms with Gasteiger partial charge in [0.25, 0.3) is 6.33 Å². The van der Waals surface area contributed by atoms with Gasteiger partial charge >= 0.3 is 0 Å². The molecule has 3 heterocycles. The number of hydrogen-bond acceptors (Lipinski definition) is 2. The first-order valence-electron chi connectivity index (χ1n) is 33.9. The quantitative estimate of drug-likeness (QED) is 0.107. The molecule has 0 aliphatic rings. The molecule has 3 aromatic heterocycles. The monoisotopic (exact) mass is 1170 g/mol. The van der Waals surface area contributed by atoms with Crippen LogP contribution in [0.2, 0.25) is 0 Å². The number of fused-ring (bicyclic) bond motifs is 4. The maximum absolute atomic E-state index is 9.50. The topological polar surface area (TPSA) is 35.9 Å². The van der Waals surface area contributed by atoms with E-state index in [1.807, 2.05) is 36.5 Å². The first kappa shape index (κ1) is 54.4. The highest BCUT2D eigenvalue weighted by atomic mass is 16.5. The van der Waals surface area contributed by atoms with E-state index in [-0.39, 0.29) is 62.2 Å². The predicted octanol–water partition coefficient (Wildman–Crippen LogP) is 22.4. The van der Waals surface area contributed by atoms with Gasteiger partial charge in [0, 0.05) is 23.0 Å². The number of aromatic nitrogens is 4. The molecule has 12 aromatic rings.